The van der Waals surface area contributed by atoms with Gasteiger partial charge in [0.1, 0.15) is 18.1 Å². The number of nitrogens with one attached hydrogen (secondary N) is 5. The van der Waals surface area contributed by atoms with Crippen LogP contribution in [0.3, 0.4) is 0 Å². The van der Waals surface area contributed by atoms with E-state index < -0.39 is 66.2 Å². The highest BCUT2D eigenvalue weighted by Gasteiger charge is 2.30. The highest BCUT2D eigenvalue weighted by atomic mass is 16.4. The lowest BCUT2D eigenvalue weighted by molar-refractivity contribution is -0.142. The molecule has 246 valence electrons. The molecule has 0 unspecified atom stereocenters. The first-order chi connectivity index (χ1) is 20.7. The van der Waals surface area contributed by atoms with Crippen LogP contribution in [0.25, 0.3) is 0 Å². The number of carbonyl (C=O) groups is 6. The van der Waals surface area contributed by atoms with Crippen LogP contribution in [0, 0.1) is 11.8 Å². The second-order valence-corrected chi connectivity index (χ2v) is 11.4. The summed E-state index contributed by atoms with van der Waals surface area (Å²) in [6.07, 6.45) is 1.61. The lowest BCUT2D eigenvalue weighted by Gasteiger charge is -2.25. The zero-order valence-corrected chi connectivity index (χ0v) is 26.1. The van der Waals surface area contributed by atoms with Gasteiger partial charge in [-0.15, -0.1) is 0 Å². The van der Waals surface area contributed by atoms with Crippen LogP contribution >= 0.6 is 0 Å². The molecule has 0 saturated carbocycles. The van der Waals surface area contributed by atoms with Crippen molar-refractivity contribution in [2.75, 3.05) is 19.6 Å². The van der Waals surface area contributed by atoms with Crippen LogP contribution in [0.1, 0.15) is 58.9 Å². The molecule has 0 aliphatic heterocycles. The minimum absolute atomic E-state index is 0.0282. The number of nitrogens with two attached hydrogens (primary N) is 2. The third kappa shape index (κ3) is 14.9. The number of carboxylic acid groups (broad SMARTS) is 1. The molecule has 14 heteroatoms. The van der Waals surface area contributed by atoms with Crippen molar-refractivity contribution in [3.8, 4) is 0 Å². The molecular weight excluding hydrogens is 570 g/mol. The normalized spacial score (nSPS) is 13.7. The number of aliphatic carboxylic acids is 1. The van der Waals surface area contributed by atoms with Crippen molar-refractivity contribution in [2.45, 2.75) is 84.0 Å². The fraction of sp³-hybridized carbons (Fsp3) is 0.600. The summed E-state index contributed by atoms with van der Waals surface area (Å²) in [6, 6.07) is 4.80. The third-order valence-corrected chi connectivity index (χ3v) is 6.73. The molecular formula is C30H49N7O7. The second kappa shape index (κ2) is 20.0. The lowest BCUT2D eigenvalue weighted by atomic mass is 10.0. The third-order valence-electron chi connectivity index (χ3n) is 6.73. The maximum atomic E-state index is 13.5. The van der Waals surface area contributed by atoms with Crippen LogP contribution in [0.4, 0.5) is 0 Å². The first kappa shape index (κ1) is 38.0. The SMILES string of the molecule is CC(C)C[C@H](NC(=O)[C@H](Cc1ccccc1)NC(=O)CNC(=O)CNC(=O)[C@@H](N)C(C)C)C(=O)N[C@@H](CCCCN)C(=O)O. The van der Waals surface area contributed by atoms with E-state index in [4.69, 9.17) is 11.5 Å². The van der Waals surface area contributed by atoms with Crippen molar-refractivity contribution >= 4 is 35.5 Å². The molecule has 0 spiro atoms. The molecule has 0 aliphatic carbocycles. The van der Waals surface area contributed by atoms with Gasteiger partial charge >= 0.3 is 5.97 Å². The summed E-state index contributed by atoms with van der Waals surface area (Å²) in [5.74, 6) is -4.44. The highest BCUT2D eigenvalue weighted by Crippen LogP contribution is 2.10. The predicted molar refractivity (Wildman–Crippen MR) is 165 cm³/mol. The van der Waals surface area contributed by atoms with Gasteiger partial charge in [-0.05, 0) is 49.6 Å². The van der Waals surface area contributed by atoms with Crippen LogP contribution < -0.4 is 38.1 Å². The summed E-state index contributed by atoms with van der Waals surface area (Å²) in [6.45, 7) is 6.80. The Balaban J connectivity index is 2.95. The van der Waals surface area contributed by atoms with Crippen molar-refractivity contribution in [1.82, 2.24) is 26.6 Å². The summed E-state index contributed by atoms with van der Waals surface area (Å²) in [4.78, 5) is 75.3. The zero-order chi connectivity index (χ0) is 33.2. The maximum absolute atomic E-state index is 13.5. The second-order valence-electron chi connectivity index (χ2n) is 11.4. The van der Waals surface area contributed by atoms with Gasteiger partial charge in [0.15, 0.2) is 0 Å². The van der Waals surface area contributed by atoms with Crippen LogP contribution in [0.2, 0.25) is 0 Å². The summed E-state index contributed by atoms with van der Waals surface area (Å²) < 4.78 is 0. The van der Waals surface area contributed by atoms with Crippen molar-refractivity contribution < 1.29 is 33.9 Å². The molecule has 1 aromatic carbocycles. The topological polar surface area (TPSA) is 235 Å². The number of benzene rings is 1. The van der Waals surface area contributed by atoms with Gasteiger partial charge in [0.25, 0.3) is 0 Å². The Hall–Kier alpha value is -4.04. The number of hydrogen-bond acceptors (Lipinski definition) is 8. The number of amides is 5. The first-order valence-corrected chi connectivity index (χ1v) is 14.9. The minimum atomic E-state index is -1.19. The zero-order valence-electron chi connectivity index (χ0n) is 26.1. The summed E-state index contributed by atoms with van der Waals surface area (Å²) in [7, 11) is 0. The number of rotatable bonds is 20. The summed E-state index contributed by atoms with van der Waals surface area (Å²) in [5.41, 5.74) is 12.0. The van der Waals surface area contributed by atoms with Crippen molar-refractivity contribution in [3.05, 3.63) is 35.9 Å². The molecule has 0 aliphatic rings. The Kier molecular flexibility index (Phi) is 17.3. The van der Waals surface area contributed by atoms with E-state index in [1.807, 2.05) is 13.8 Å². The molecule has 0 bridgehead atoms. The fourth-order valence-corrected chi connectivity index (χ4v) is 4.13. The van der Waals surface area contributed by atoms with Gasteiger partial charge in [-0.2, -0.15) is 0 Å². The highest BCUT2D eigenvalue weighted by molar-refractivity contribution is 5.94. The molecule has 1 aromatic rings. The number of unbranched alkanes of at least 4 members (excludes halogenated alkanes) is 1. The van der Waals surface area contributed by atoms with Gasteiger partial charge < -0.3 is 43.2 Å². The van der Waals surface area contributed by atoms with E-state index >= 15 is 0 Å². The van der Waals surface area contributed by atoms with Gasteiger partial charge in [-0.25, -0.2) is 4.79 Å². The average Bonchev–Trinajstić information content (AvgIpc) is 2.97. The number of carboxylic acids is 1. The molecule has 0 fully saturated rings. The van der Waals surface area contributed by atoms with E-state index in [9.17, 15) is 33.9 Å². The van der Waals surface area contributed by atoms with Gasteiger partial charge in [0, 0.05) is 6.42 Å². The number of carbonyl (C=O) groups excluding carboxylic acids is 5. The van der Waals surface area contributed by atoms with Crippen LogP contribution in [-0.2, 0) is 35.2 Å². The Morgan fingerprint density at radius 2 is 1.34 bits per heavy atom. The van der Waals surface area contributed by atoms with Gasteiger partial charge in [-0.1, -0.05) is 58.0 Å². The molecule has 44 heavy (non-hydrogen) atoms. The van der Waals surface area contributed by atoms with Crippen molar-refractivity contribution in [1.29, 1.82) is 0 Å². The van der Waals surface area contributed by atoms with Crippen molar-refractivity contribution in [3.63, 3.8) is 0 Å². The van der Waals surface area contributed by atoms with E-state index in [-0.39, 0.29) is 37.6 Å². The fourth-order valence-electron chi connectivity index (χ4n) is 4.13. The minimum Gasteiger partial charge on any atom is -0.480 e. The van der Waals surface area contributed by atoms with E-state index in [2.05, 4.69) is 26.6 Å². The maximum Gasteiger partial charge on any atom is 0.326 e. The Labute approximate surface area is 258 Å². The van der Waals surface area contributed by atoms with Gasteiger partial charge in [-0.3, -0.25) is 24.0 Å². The Bertz CT molecular complexity index is 1100. The quantitative estimate of drug-likeness (QED) is 0.0848. The lowest BCUT2D eigenvalue weighted by Crippen LogP contribution is -2.57. The monoisotopic (exact) mass is 619 g/mol. The standard InChI is InChI=1S/C30H49N7O7/c1-18(2)14-22(27(40)36-21(30(43)44)12-8-9-13-31)37-28(41)23(15-20-10-6-5-7-11-20)35-25(39)17-33-24(38)16-34-29(42)26(32)19(3)4/h5-7,10-11,18-19,21-23,26H,8-9,12-17,31-32H2,1-4H3,(H,33,38)(H,34,42)(H,35,39)(H,36,40)(H,37,41)(H,43,44)/t21-,22-,23-,26-/m0/s1. The average molecular weight is 620 g/mol. The van der Waals surface area contributed by atoms with Gasteiger partial charge in [0.05, 0.1) is 19.1 Å². The van der Waals surface area contributed by atoms with E-state index in [0.717, 1.165) is 5.56 Å². The molecule has 0 aromatic heterocycles. The van der Waals surface area contributed by atoms with Crippen molar-refractivity contribution in [2.24, 2.45) is 23.3 Å². The van der Waals surface area contributed by atoms with Crippen LogP contribution in [0.5, 0.6) is 0 Å². The van der Waals surface area contributed by atoms with Crippen LogP contribution in [0.15, 0.2) is 30.3 Å². The smallest absolute Gasteiger partial charge is 0.326 e. The molecule has 4 atom stereocenters. The predicted octanol–water partition coefficient (Wildman–Crippen LogP) is -0.841. The summed E-state index contributed by atoms with van der Waals surface area (Å²) >= 11 is 0. The van der Waals surface area contributed by atoms with E-state index in [1.54, 1.807) is 44.2 Å². The Morgan fingerprint density at radius 1 is 0.750 bits per heavy atom. The van der Waals surface area contributed by atoms with Gasteiger partial charge in [0.2, 0.25) is 29.5 Å². The van der Waals surface area contributed by atoms with E-state index in [0.29, 0.717) is 19.4 Å². The Morgan fingerprint density at radius 3 is 1.91 bits per heavy atom. The molecule has 0 saturated heterocycles. The number of hydrogen-bond donors (Lipinski definition) is 8. The molecule has 5 amide bonds. The molecule has 0 radical (unpaired) electrons. The molecule has 1 rings (SSSR count). The molecule has 0 heterocycles. The molecule has 14 nitrogen and oxygen atoms in total. The van der Waals surface area contributed by atoms with E-state index in [1.165, 1.54) is 0 Å². The summed E-state index contributed by atoms with van der Waals surface area (Å²) in [5, 5.41) is 22.2. The van der Waals surface area contributed by atoms with Crippen LogP contribution in [-0.4, -0.2) is 84.4 Å². The first-order valence-electron chi connectivity index (χ1n) is 14.9. The largest absolute Gasteiger partial charge is 0.480 e. The molecule has 10 N–H and O–H groups in total.